The number of rotatable bonds is 8. The highest BCUT2D eigenvalue weighted by Gasteiger charge is 2.41. The smallest absolute Gasteiger partial charge is 0.437 e. The molecule has 2 aromatic rings. The lowest BCUT2D eigenvalue weighted by molar-refractivity contribution is -0.141. The number of aromatic nitrogens is 1. The highest BCUT2D eigenvalue weighted by molar-refractivity contribution is 5.96. The highest BCUT2D eigenvalue weighted by Crippen LogP contribution is 2.33. The quantitative estimate of drug-likeness (QED) is 0.533. The number of carbonyl (C=O) groups excluding carboxylic acids is 2. The maximum Gasteiger partial charge on any atom is 0.437 e. The van der Waals surface area contributed by atoms with Crippen LogP contribution in [0.4, 0.5) is 28.0 Å². The van der Waals surface area contributed by atoms with E-state index in [-0.39, 0.29) is 12.0 Å². The SMILES string of the molecule is CCCC(NC(=O)Cc1cc(F)cc(F)c1)C(=O)Nc1nc(C(F)(F)F)c(C(=O)O)o1. The number of nitrogens with one attached hydrogen (secondary N) is 2. The summed E-state index contributed by atoms with van der Waals surface area (Å²) in [5.74, 6) is -7.15. The number of alkyl halides is 3. The van der Waals surface area contributed by atoms with Gasteiger partial charge in [0.1, 0.15) is 17.7 Å². The number of halogens is 5. The lowest BCUT2D eigenvalue weighted by Crippen LogP contribution is -2.44. The normalized spacial score (nSPS) is 12.3. The molecule has 2 rings (SSSR count). The third-order valence-corrected chi connectivity index (χ3v) is 3.84. The minimum absolute atomic E-state index is 0.000670. The van der Waals surface area contributed by atoms with E-state index >= 15 is 0 Å². The van der Waals surface area contributed by atoms with Crippen molar-refractivity contribution in [1.29, 1.82) is 0 Å². The Labute approximate surface area is 171 Å². The second-order valence-corrected chi connectivity index (χ2v) is 6.35. The molecule has 13 heteroatoms. The third-order valence-electron chi connectivity index (χ3n) is 3.84. The van der Waals surface area contributed by atoms with E-state index in [1.54, 1.807) is 6.92 Å². The van der Waals surface area contributed by atoms with Gasteiger partial charge in [0.2, 0.25) is 11.7 Å². The zero-order chi connectivity index (χ0) is 23.3. The summed E-state index contributed by atoms with van der Waals surface area (Å²) in [4.78, 5) is 38.4. The maximum absolute atomic E-state index is 13.2. The summed E-state index contributed by atoms with van der Waals surface area (Å²) in [6.07, 6.45) is -5.19. The zero-order valence-electron chi connectivity index (χ0n) is 15.8. The number of carboxylic acids is 1. The Morgan fingerprint density at radius 1 is 1.16 bits per heavy atom. The van der Waals surface area contributed by atoms with Gasteiger partial charge in [-0.05, 0) is 24.1 Å². The molecule has 1 aromatic heterocycles. The molecule has 1 heterocycles. The Balaban J connectivity index is 2.13. The second kappa shape index (κ2) is 9.53. The van der Waals surface area contributed by atoms with E-state index in [0.717, 1.165) is 12.1 Å². The van der Waals surface area contributed by atoms with Crippen LogP contribution >= 0.6 is 0 Å². The molecule has 3 N–H and O–H groups in total. The molecule has 0 aliphatic rings. The molecule has 8 nitrogen and oxygen atoms in total. The Bertz CT molecular complexity index is 969. The first kappa shape index (κ1) is 23.8. The Morgan fingerprint density at radius 3 is 2.26 bits per heavy atom. The van der Waals surface area contributed by atoms with Crippen molar-refractivity contribution in [3.63, 3.8) is 0 Å². The summed E-state index contributed by atoms with van der Waals surface area (Å²) in [5.41, 5.74) is -1.83. The predicted molar refractivity (Wildman–Crippen MR) is 94.0 cm³/mol. The highest BCUT2D eigenvalue weighted by atomic mass is 19.4. The number of amides is 2. The van der Waals surface area contributed by atoms with Crippen molar-refractivity contribution in [3.8, 4) is 0 Å². The second-order valence-electron chi connectivity index (χ2n) is 6.35. The van der Waals surface area contributed by atoms with E-state index in [1.165, 1.54) is 0 Å². The van der Waals surface area contributed by atoms with Gasteiger partial charge in [-0.3, -0.25) is 14.9 Å². The molecule has 1 aromatic carbocycles. The fraction of sp³-hybridized carbons (Fsp3) is 0.333. The maximum atomic E-state index is 13.2. The average Bonchev–Trinajstić information content (AvgIpc) is 3.05. The van der Waals surface area contributed by atoms with Crippen LogP contribution in [0.5, 0.6) is 0 Å². The van der Waals surface area contributed by atoms with Crippen LogP contribution in [0.15, 0.2) is 22.6 Å². The lowest BCUT2D eigenvalue weighted by atomic mass is 10.1. The minimum Gasteiger partial charge on any atom is -0.475 e. The van der Waals surface area contributed by atoms with Crippen LogP contribution in [0.25, 0.3) is 0 Å². The van der Waals surface area contributed by atoms with Crippen molar-refractivity contribution < 1.29 is 45.9 Å². The number of aromatic carboxylic acids is 1. The number of oxazole rings is 1. The molecule has 0 spiro atoms. The van der Waals surface area contributed by atoms with E-state index in [0.29, 0.717) is 12.5 Å². The van der Waals surface area contributed by atoms with E-state index < -0.39 is 65.5 Å². The summed E-state index contributed by atoms with van der Waals surface area (Å²) < 4.78 is 69.5. The Morgan fingerprint density at radius 2 is 1.77 bits per heavy atom. The van der Waals surface area contributed by atoms with Crippen molar-refractivity contribution in [1.82, 2.24) is 10.3 Å². The van der Waals surface area contributed by atoms with Gasteiger partial charge < -0.3 is 14.8 Å². The Kier molecular flexibility index (Phi) is 7.31. The first-order valence-corrected chi connectivity index (χ1v) is 8.77. The van der Waals surface area contributed by atoms with E-state index in [2.05, 4.69) is 14.7 Å². The molecule has 2 amide bonds. The molecule has 1 atom stereocenters. The molecule has 0 radical (unpaired) electrons. The number of carboxylic acid groups (broad SMARTS) is 1. The summed E-state index contributed by atoms with van der Waals surface area (Å²) in [6.45, 7) is 1.66. The number of hydrogen-bond acceptors (Lipinski definition) is 5. The first-order chi connectivity index (χ1) is 14.4. The molecule has 0 aliphatic carbocycles. The topological polar surface area (TPSA) is 122 Å². The molecular formula is C18H16F5N3O5. The molecular weight excluding hydrogens is 433 g/mol. The average molecular weight is 449 g/mol. The molecule has 168 valence electrons. The van der Waals surface area contributed by atoms with Crippen LogP contribution in [0.3, 0.4) is 0 Å². The molecule has 0 bridgehead atoms. The van der Waals surface area contributed by atoms with Crippen LogP contribution in [-0.2, 0) is 22.2 Å². The standard InChI is InChI=1S/C18H16F5N3O5/c1-2-3-11(24-12(27)6-8-4-9(19)7-10(20)5-8)15(28)26-17-25-14(18(21,22)23)13(31-17)16(29)30/h4-5,7,11H,2-3,6H2,1H3,(H,24,27)(H,29,30)(H,25,26,28). The number of nitrogens with zero attached hydrogens (tertiary/aromatic N) is 1. The number of benzene rings is 1. The van der Waals surface area contributed by atoms with Gasteiger partial charge in [0.05, 0.1) is 6.42 Å². The van der Waals surface area contributed by atoms with Crippen molar-refractivity contribution in [2.24, 2.45) is 0 Å². The first-order valence-electron chi connectivity index (χ1n) is 8.77. The summed E-state index contributed by atoms with van der Waals surface area (Å²) >= 11 is 0. The van der Waals surface area contributed by atoms with E-state index in [4.69, 9.17) is 5.11 Å². The molecule has 0 saturated carbocycles. The molecule has 0 aliphatic heterocycles. The van der Waals surface area contributed by atoms with E-state index in [1.807, 2.05) is 5.32 Å². The fourth-order valence-electron chi connectivity index (χ4n) is 2.60. The van der Waals surface area contributed by atoms with Gasteiger partial charge >= 0.3 is 18.2 Å². The molecule has 0 saturated heterocycles. The van der Waals surface area contributed by atoms with Crippen LogP contribution < -0.4 is 10.6 Å². The monoisotopic (exact) mass is 449 g/mol. The van der Waals surface area contributed by atoms with Crippen molar-refractivity contribution in [3.05, 3.63) is 46.9 Å². The van der Waals surface area contributed by atoms with Crippen LogP contribution in [0, 0.1) is 11.6 Å². The third kappa shape index (κ3) is 6.49. The van der Waals surface area contributed by atoms with Crippen molar-refractivity contribution in [2.75, 3.05) is 5.32 Å². The molecule has 31 heavy (non-hydrogen) atoms. The van der Waals surface area contributed by atoms with Crippen LogP contribution in [0.2, 0.25) is 0 Å². The van der Waals surface area contributed by atoms with Crippen LogP contribution in [-0.4, -0.2) is 33.9 Å². The van der Waals surface area contributed by atoms with Gasteiger partial charge in [0.25, 0.3) is 5.91 Å². The van der Waals surface area contributed by atoms with Crippen molar-refractivity contribution >= 4 is 23.8 Å². The summed E-state index contributed by atoms with van der Waals surface area (Å²) in [5, 5.41) is 13.0. The number of anilines is 1. The van der Waals surface area contributed by atoms with Gasteiger partial charge in [-0.1, -0.05) is 13.3 Å². The predicted octanol–water partition coefficient (Wildman–Crippen LogP) is 3.14. The number of hydrogen-bond donors (Lipinski definition) is 3. The lowest BCUT2D eigenvalue weighted by Gasteiger charge is -2.16. The summed E-state index contributed by atoms with van der Waals surface area (Å²) in [7, 11) is 0. The Hall–Kier alpha value is -3.51. The van der Waals surface area contributed by atoms with Gasteiger partial charge in [0, 0.05) is 6.07 Å². The summed E-state index contributed by atoms with van der Waals surface area (Å²) in [6, 6.07) is 0.195. The molecule has 0 fully saturated rings. The zero-order valence-corrected chi connectivity index (χ0v) is 15.8. The largest absolute Gasteiger partial charge is 0.475 e. The van der Waals surface area contributed by atoms with Gasteiger partial charge in [0.15, 0.2) is 5.69 Å². The van der Waals surface area contributed by atoms with Crippen molar-refractivity contribution in [2.45, 2.75) is 38.4 Å². The fourth-order valence-corrected chi connectivity index (χ4v) is 2.60. The number of carbonyl (C=O) groups is 3. The molecule has 1 unspecified atom stereocenters. The van der Waals surface area contributed by atoms with Crippen LogP contribution in [0.1, 0.15) is 41.6 Å². The van der Waals surface area contributed by atoms with Gasteiger partial charge in [-0.2, -0.15) is 18.2 Å². The van der Waals surface area contributed by atoms with E-state index in [9.17, 15) is 36.3 Å². The minimum atomic E-state index is -5.14. The van der Waals surface area contributed by atoms with Gasteiger partial charge in [-0.15, -0.1) is 0 Å². The van der Waals surface area contributed by atoms with Gasteiger partial charge in [-0.25, -0.2) is 13.6 Å².